The highest BCUT2D eigenvalue weighted by molar-refractivity contribution is 7.08. The van der Waals surface area contributed by atoms with Crippen LogP contribution in [0, 0.1) is 0 Å². The average Bonchev–Trinajstić information content (AvgIpc) is 3.09. The third kappa shape index (κ3) is 2.11. The molecule has 0 spiro atoms. The summed E-state index contributed by atoms with van der Waals surface area (Å²) in [5.41, 5.74) is 3.79. The molecule has 0 radical (unpaired) electrons. The van der Waals surface area contributed by atoms with Gasteiger partial charge in [0.05, 0.1) is 12.3 Å². The van der Waals surface area contributed by atoms with E-state index >= 15 is 0 Å². The number of imidazole rings is 1. The van der Waals surface area contributed by atoms with Crippen molar-refractivity contribution < 1.29 is 9.53 Å². The van der Waals surface area contributed by atoms with Crippen molar-refractivity contribution in [2.45, 2.75) is 25.7 Å². The number of hydrogen-bond acceptors (Lipinski definition) is 5. The zero-order valence-electron chi connectivity index (χ0n) is 12.2. The molecule has 0 aliphatic heterocycles. The minimum Gasteiger partial charge on any atom is -0.462 e. The highest BCUT2D eigenvalue weighted by atomic mass is 32.1. The van der Waals surface area contributed by atoms with Gasteiger partial charge in [0.1, 0.15) is 16.2 Å². The molecule has 3 aromatic heterocycles. The molecule has 0 saturated heterocycles. The second-order valence-electron chi connectivity index (χ2n) is 5.34. The Morgan fingerprint density at radius 3 is 3.09 bits per heavy atom. The van der Waals surface area contributed by atoms with E-state index in [0.29, 0.717) is 17.4 Å². The third-order valence-electron chi connectivity index (χ3n) is 3.85. The molecule has 1 aliphatic carbocycles. The third-order valence-corrected chi connectivity index (χ3v) is 4.69. The van der Waals surface area contributed by atoms with Gasteiger partial charge in [0, 0.05) is 18.0 Å². The van der Waals surface area contributed by atoms with Gasteiger partial charge in [-0.1, -0.05) is 6.07 Å². The molecule has 0 aromatic carbocycles. The lowest BCUT2D eigenvalue weighted by Gasteiger charge is -2.07. The topological polar surface area (TPSA) is 56.5 Å². The lowest BCUT2D eigenvalue weighted by Crippen LogP contribution is -2.05. The highest BCUT2D eigenvalue weighted by Gasteiger charge is 2.34. The van der Waals surface area contributed by atoms with Gasteiger partial charge in [0.15, 0.2) is 0 Å². The molecular formula is C16H15N3O2S. The van der Waals surface area contributed by atoms with Crippen LogP contribution in [0.5, 0.6) is 0 Å². The summed E-state index contributed by atoms with van der Waals surface area (Å²) in [6.07, 6.45) is 5.91. The summed E-state index contributed by atoms with van der Waals surface area (Å²) in [7, 11) is 0. The first-order valence-corrected chi connectivity index (χ1v) is 8.16. The maximum Gasteiger partial charge on any atom is 0.350 e. The fourth-order valence-corrected chi connectivity index (χ4v) is 3.59. The Labute approximate surface area is 131 Å². The van der Waals surface area contributed by atoms with Crippen LogP contribution in [-0.2, 0) is 4.74 Å². The first-order valence-electron chi connectivity index (χ1n) is 7.38. The molecule has 1 saturated carbocycles. The molecule has 1 aliphatic rings. The molecule has 112 valence electrons. The first-order chi connectivity index (χ1) is 10.8. The van der Waals surface area contributed by atoms with Crippen molar-refractivity contribution in [2.75, 3.05) is 6.61 Å². The van der Waals surface area contributed by atoms with Crippen LogP contribution in [0.2, 0.25) is 0 Å². The van der Waals surface area contributed by atoms with Gasteiger partial charge in [-0.05, 0) is 49.3 Å². The number of fused-ring (bicyclic) bond motifs is 1. The smallest absolute Gasteiger partial charge is 0.350 e. The largest absolute Gasteiger partial charge is 0.462 e. The molecule has 0 atom stereocenters. The van der Waals surface area contributed by atoms with Crippen LogP contribution in [0.15, 0.2) is 30.6 Å². The van der Waals surface area contributed by atoms with E-state index in [-0.39, 0.29) is 5.97 Å². The highest BCUT2D eigenvalue weighted by Crippen LogP contribution is 2.47. The minimum atomic E-state index is -0.258. The standard InChI is InChI=1S/C16H15N3O2S/c1-2-21-16(20)15-13(10-6-7-10)14(18-22-15)11-4-3-5-12-17-8-9-19(11)12/h3-5,8-10H,2,6-7H2,1H3. The van der Waals surface area contributed by atoms with Crippen LogP contribution in [0.4, 0.5) is 0 Å². The van der Waals surface area contributed by atoms with Crippen molar-refractivity contribution in [1.29, 1.82) is 0 Å². The monoisotopic (exact) mass is 313 g/mol. The fourth-order valence-electron chi connectivity index (χ4n) is 2.72. The van der Waals surface area contributed by atoms with E-state index in [1.165, 1.54) is 11.5 Å². The molecule has 5 nitrogen and oxygen atoms in total. The Morgan fingerprint density at radius 1 is 1.45 bits per heavy atom. The molecule has 4 rings (SSSR count). The van der Waals surface area contributed by atoms with E-state index < -0.39 is 0 Å². The van der Waals surface area contributed by atoms with Crippen LogP contribution in [0.25, 0.3) is 17.0 Å². The maximum atomic E-state index is 12.2. The zero-order valence-corrected chi connectivity index (χ0v) is 13.0. The molecule has 6 heteroatoms. The molecule has 3 aromatic rings. The van der Waals surface area contributed by atoms with Gasteiger partial charge in [0.25, 0.3) is 0 Å². The number of carbonyl (C=O) groups excluding carboxylic acids is 1. The van der Waals surface area contributed by atoms with Crippen molar-refractivity contribution >= 4 is 23.1 Å². The van der Waals surface area contributed by atoms with E-state index in [2.05, 4.69) is 9.36 Å². The van der Waals surface area contributed by atoms with E-state index in [1.807, 2.05) is 35.7 Å². The van der Waals surface area contributed by atoms with Crippen LogP contribution >= 0.6 is 11.5 Å². The Morgan fingerprint density at radius 2 is 2.32 bits per heavy atom. The second kappa shape index (κ2) is 5.21. The second-order valence-corrected chi connectivity index (χ2v) is 6.11. The summed E-state index contributed by atoms with van der Waals surface area (Å²) in [4.78, 5) is 17.1. The first kappa shape index (κ1) is 13.5. The van der Waals surface area contributed by atoms with E-state index in [1.54, 1.807) is 6.20 Å². The number of aromatic nitrogens is 3. The number of rotatable bonds is 4. The number of nitrogens with zero attached hydrogens (tertiary/aromatic N) is 3. The average molecular weight is 313 g/mol. The summed E-state index contributed by atoms with van der Waals surface area (Å²) in [6, 6.07) is 5.95. The number of hydrogen-bond donors (Lipinski definition) is 0. The van der Waals surface area contributed by atoms with E-state index in [4.69, 9.17) is 4.74 Å². The summed E-state index contributed by atoms with van der Waals surface area (Å²) in [5, 5.41) is 0. The minimum absolute atomic E-state index is 0.258. The Hall–Kier alpha value is -2.21. The van der Waals surface area contributed by atoms with E-state index in [0.717, 1.165) is 35.4 Å². The van der Waals surface area contributed by atoms with Gasteiger partial charge in [-0.25, -0.2) is 9.78 Å². The van der Waals surface area contributed by atoms with Gasteiger partial charge >= 0.3 is 5.97 Å². The van der Waals surface area contributed by atoms with Gasteiger partial charge in [-0.3, -0.25) is 4.40 Å². The van der Waals surface area contributed by atoms with Crippen molar-refractivity contribution in [3.8, 4) is 11.4 Å². The van der Waals surface area contributed by atoms with Crippen LogP contribution in [0.3, 0.4) is 0 Å². The van der Waals surface area contributed by atoms with Gasteiger partial charge in [-0.2, -0.15) is 4.37 Å². The SMILES string of the molecule is CCOC(=O)c1snc(-c2cccc3nccn23)c1C1CC1. The van der Waals surface area contributed by atoms with Crippen molar-refractivity contribution in [2.24, 2.45) is 0 Å². The summed E-state index contributed by atoms with van der Waals surface area (Å²) in [5.74, 6) is 0.165. The summed E-state index contributed by atoms with van der Waals surface area (Å²) < 4.78 is 11.8. The van der Waals surface area contributed by atoms with E-state index in [9.17, 15) is 4.79 Å². The molecule has 3 heterocycles. The molecular weight excluding hydrogens is 298 g/mol. The molecule has 0 unspecified atom stereocenters. The number of ether oxygens (including phenoxy) is 1. The van der Waals surface area contributed by atoms with Gasteiger partial charge in [0.2, 0.25) is 0 Å². The van der Waals surface area contributed by atoms with Crippen LogP contribution in [0.1, 0.15) is 40.9 Å². The van der Waals surface area contributed by atoms with Gasteiger partial charge < -0.3 is 4.74 Å². The predicted molar refractivity (Wildman–Crippen MR) is 84.2 cm³/mol. The van der Waals surface area contributed by atoms with Crippen LogP contribution < -0.4 is 0 Å². The quantitative estimate of drug-likeness (QED) is 0.692. The van der Waals surface area contributed by atoms with Crippen molar-refractivity contribution in [1.82, 2.24) is 13.8 Å². The number of esters is 1. The normalized spacial score (nSPS) is 14.4. The predicted octanol–water partition coefficient (Wildman–Crippen LogP) is 3.51. The lowest BCUT2D eigenvalue weighted by atomic mass is 10.1. The Balaban J connectivity index is 1.89. The maximum absolute atomic E-state index is 12.2. The number of carbonyl (C=O) groups is 1. The lowest BCUT2D eigenvalue weighted by molar-refractivity contribution is 0.0531. The fraction of sp³-hybridized carbons (Fsp3) is 0.312. The summed E-state index contributed by atoms with van der Waals surface area (Å²) >= 11 is 1.24. The van der Waals surface area contributed by atoms with Crippen molar-refractivity contribution in [3.63, 3.8) is 0 Å². The molecule has 1 fully saturated rings. The summed E-state index contributed by atoms with van der Waals surface area (Å²) in [6.45, 7) is 2.20. The Bertz CT molecular complexity index is 848. The van der Waals surface area contributed by atoms with Gasteiger partial charge in [-0.15, -0.1) is 0 Å². The molecule has 0 bridgehead atoms. The number of pyridine rings is 1. The zero-order chi connectivity index (χ0) is 15.1. The molecule has 0 N–H and O–H groups in total. The molecule has 22 heavy (non-hydrogen) atoms. The molecule has 0 amide bonds. The van der Waals surface area contributed by atoms with Crippen molar-refractivity contribution in [3.05, 3.63) is 41.0 Å². The van der Waals surface area contributed by atoms with Crippen LogP contribution in [-0.4, -0.2) is 26.3 Å². The Kier molecular flexibility index (Phi) is 3.18.